The number of hydrogen-bond acceptors (Lipinski definition) is 0. The van der Waals surface area contributed by atoms with Gasteiger partial charge >= 0.3 is 6.18 Å². The van der Waals surface area contributed by atoms with Gasteiger partial charge in [0.1, 0.15) is 0 Å². The molecule has 0 aromatic rings. The van der Waals surface area contributed by atoms with Crippen molar-refractivity contribution in [1.82, 2.24) is 0 Å². The Kier molecular flexibility index (Phi) is 2.76. The first-order valence-electron chi connectivity index (χ1n) is 1.63. The molecule has 6 heteroatoms. The van der Waals surface area contributed by atoms with Crippen LogP contribution in [-0.2, 0) is 0 Å². The quantitative estimate of drug-likeness (QED) is 0.506. The number of alkyl halides is 3. The summed E-state index contributed by atoms with van der Waals surface area (Å²) in [5.74, 6) is 0. The Bertz CT molecular complexity index is 131. The highest BCUT2D eigenvalue weighted by atomic mass is 35.5. The summed E-state index contributed by atoms with van der Waals surface area (Å²) in [4.78, 5) is 0. The largest absolute Gasteiger partial charge is 0.430 e. The normalized spacial score (nSPS) is 15.3. The van der Waals surface area contributed by atoms with Gasteiger partial charge in [-0.3, -0.25) is 0 Å². The maximum absolute atomic E-state index is 11.4. The van der Waals surface area contributed by atoms with Gasteiger partial charge in [0.15, 0.2) is 5.03 Å². The minimum Gasteiger partial charge on any atom is -0.192 e. The predicted octanol–water partition coefficient (Wildman–Crippen LogP) is 3.16. The molecule has 0 radical (unpaired) electrons. The molecule has 0 rings (SSSR count). The van der Waals surface area contributed by atoms with Gasteiger partial charge in [-0.25, -0.2) is 0 Å². The van der Waals surface area contributed by atoms with Crippen LogP contribution in [0.1, 0.15) is 0 Å². The molecule has 0 aliphatic carbocycles. The van der Waals surface area contributed by atoms with Gasteiger partial charge in [-0.05, 0) is 11.6 Å². The molecule has 0 saturated heterocycles. The van der Waals surface area contributed by atoms with Gasteiger partial charge in [-0.2, -0.15) is 17.6 Å². The number of halogens is 6. The Hall–Kier alpha value is 0.0400. The third-order valence-corrected chi connectivity index (χ3v) is 1.08. The second-order valence-electron chi connectivity index (χ2n) is 1.07. The summed E-state index contributed by atoms with van der Waals surface area (Å²) in [5, 5.41) is -3.87. The van der Waals surface area contributed by atoms with Crippen LogP contribution in [0.2, 0.25) is 0 Å². The molecular formula is C3Cl2F4. The second-order valence-corrected chi connectivity index (χ2v) is 1.78. The van der Waals surface area contributed by atoms with Gasteiger partial charge in [0.25, 0.3) is 0 Å². The number of hydrogen-bond donors (Lipinski definition) is 0. The summed E-state index contributed by atoms with van der Waals surface area (Å²) in [6, 6.07) is 0. The maximum atomic E-state index is 11.4. The van der Waals surface area contributed by atoms with E-state index in [0.29, 0.717) is 0 Å². The Morgan fingerprint density at radius 1 is 1.11 bits per heavy atom. The second kappa shape index (κ2) is 2.75. The van der Waals surface area contributed by atoms with E-state index in [2.05, 4.69) is 23.2 Å². The van der Waals surface area contributed by atoms with Crippen LogP contribution in [0.15, 0.2) is 10.3 Å². The third-order valence-electron chi connectivity index (χ3n) is 0.415. The Morgan fingerprint density at radius 2 is 1.44 bits per heavy atom. The topological polar surface area (TPSA) is 0 Å². The molecule has 0 N–H and O–H groups in total. The Morgan fingerprint density at radius 3 is 1.44 bits per heavy atom. The fraction of sp³-hybridized carbons (Fsp3) is 0.333. The standard InChI is InChI=1S/C3Cl2F4/c4-1(2(5)6)3(7,8)9/b2-1-. The maximum Gasteiger partial charge on any atom is 0.430 e. The average molecular weight is 183 g/mol. The van der Waals surface area contributed by atoms with E-state index in [4.69, 9.17) is 0 Å². The first-order valence-corrected chi connectivity index (χ1v) is 2.39. The zero-order chi connectivity index (χ0) is 7.65. The summed E-state index contributed by atoms with van der Waals surface area (Å²) < 4.78 is 44.9. The smallest absolute Gasteiger partial charge is 0.192 e. The van der Waals surface area contributed by atoms with Crippen LogP contribution < -0.4 is 0 Å². The molecule has 0 aromatic carbocycles. The zero-order valence-corrected chi connectivity index (χ0v) is 5.28. The van der Waals surface area contributed by atoms with Gasteiger partial charge in [-0.1, -0.05) is 11.6 Å². The SMILES string of the molecule is F/C(Cl)=C(\Cl)C(F)(F)F. The van der Waals surface area contributed by atoms with Gasteiger partial charge in [0.2, 0.25) is 5.29 Å². The van der Waals surface area contributed by atoms with Crippen molar-refractivity contribution < 1.29 is 17.6 Å². The van der Waals surface area contributed by atoms with Crippen LogP contribution in [0.4, 0.5) is 17.6 Å². The van der Waals surface area contributed by atoms with Crippen molar-refractivity contribution >= 4 is 23.2 Å². The molecule has 0 aliphatic rings. The molecule has 0 amide bonds. The van der Waals surface area contributed by atoms with Crippen molar-refractivity contribution in [3.8, 4) is 0 Å². The first kappa shape index (κ1) is 9.04. The lowest BCUT2D eigenvalue weighted by molar-refractivity contribution is -0.0856. The van der Waals surface area contributed by atoms with Crippen molar-refractivity contribution in [2.24, 2.45) is 0 Å². The van der Waals surface area contributed by atoms with Crippen molar-refractivity contribution in [1.29, 1.82) is 0 Å². The van der Waals surface area contributed by atoms with E-state index < -0.39 is 16.5 Å². The van der Waals surface area contributed by atoms with Crippen LogP contribution in [0.5, 0.6) is 0 Å². The lowest BCUT2D eigenvalue weighted by Crippen LogP contribution is -2.07. The highest BCUT2D eigenvalue weighted by molar-refractivity contribution is 6.38. The van der Waals surface area contributed by atoms with E-state index in [-0.39, 0.29) is 0 Å². The Balaban J connectivity index is 4.40. The minimum absolute atomic E-state index is 1.93. The van der Waals surface area contributed by atoms with Crippen LogP contribution in [0.3, 0.4) is 0 Å². The molecule has 9 heavy (non-hydrogen) atoms. The van der Waals surface area contributed by atoms with Crippen LogP contribution >= 0.6 is 23.2 Å². The lowest BCUT2D eigenvalue weighted by atomic mass is 10.6. The van der Waals surface area contributed by atoms with E-state index in [0.717, 1.165) is 0 Å². The molecule has 0 atom stereocenters. The van der Waals surface area contributed by atoms with Crippen molar-refractivity contribution in [2.75, 3.05) is 0 Å². The summed E-state index contributed by atoms with van der Waals surface area (Å²) in [6.45, 7) is 0. The molecule has 0 saturated carbocycles. The fourth-order valence-electron chi connectivity index (χ4n) is 0.107. The van der Waals surface area contributed by atoms with Crippen LogP contribution in [-0.4, -0.2) is 6.18 Å². The summed E-state index contributed by atoms with van der Waals surface area (Å²) in [7, 11) is 0. The molecule has 0 spiro atoms. The minimum atomic E-state index is -4.88. The molecule has 0 nitrogen and oxygen atoms in total. The molecule has 54 valence electrons. The summed E-state index contributed by atoms with van der Waals surface area (Å²) in [6.07, 6.45) is -4.88. The van der Waals surface area contributed by atoms with Crippen molar-refractivity contribution in [3.05, 3.63) is 10.3 Å². The molecule has 0 heterocycles. The summed E-state index contributed by atoms with van der Waals surface area (Å²) in [5.41, 5.74) is 0. The molecule has 0 aliphatic heterocycles. The van der Waals surface area contributed by atoms with Gasteiger partial charge in [0.05, 0.1) is 0 Å². The van der Waals surface area contributed by atoms with Crippen LogP contribution in [0, 0.1) is 0 Å². The zero-order valence-electron chi connectivity index (χ0n) is 3.77. The first-order chi connectivity index (χ1) is 3.85. The fourth-order valence-corrected chi connectivity index (χ4v) is 0.214. The summed E-state index contributed by atoms with van der Waals surface area (Å²) >= 11 is 8.61. The number of allylic oxidation sites excluding steroid dienone is 1. The van der Waals surface area contributed by atoms with Crippen LogP contribution in [0.25, 0.3) is 0 Å². The van der Waals surface area contributed by atoms with Gasteiger partial charge in [-0.15, -0.1) is 0 Å². The predicted molar refractivity (Wildman–Crippen MR) is 25.9 cm³/mol. The van der Waals surface area contributed by atoms with Gasteiger partial charge in [0, 0.05) is 0 Å². The average Bonchev–Trinajstić information content (AvgIpc) is 1.62. The molecule has 0 unspecified atom stereocenters. The highest BCUT2D eigenvalue weighted by Gasteiger charge is 2.35. The molecule has 0 fully saturated rings. The van der Waals surface area contributed by atoms with E-state index in [1.165, 1.54) is 0 Å². The monoisotopic (exact) mass is 182 g/mol. The lowest BCUT2D eigenvalue weighted by Gasteiger charge is -2.01. The van der Waals surface area contributed by atoms with Crippen molar-refractivity contribution in [3.63, 3.8) is 0 Å². The molecular weight excluding hydrogens is 183 g/mol. The van der Waals surface area contributed by atoms with E-state index in [1.54, 1.807) is 0 Å². The highest BCUT2D eigenvalue weighted by Crippen LogP contribution is 2.32. The van der Waals surface area contributed by atoms with Crippen molar-refractivity contribution in [2.45, 2.75) is 6.18 Å². The number of rotatable bonds is 0. The molecule has 0 bridgehead atoms. The van der Waals surface area contributed by atoms with E-state index in [1.807, 2.05) is 0 Å². The third kappa shape index (κ3) is 2.91. The van der Waals surface area contributed by atoms with E-state index >= 15 is 0 Å². The Labute approximate surface area is 58.0 Å². The molecule has 0 aromatic heterocycles. The van der Waals surface area contributed by atoms with E-state index in [9.17, 15) is 17.6 Å². The van der Waals surface area contributed by atoms with Gasteiger partial charge < -0.3 is 0 Å².